The third-order valence-electron chi connectivity index (χ3n) is 4.55. The first-order valence-corrected chi connectivity index (χ1v) is 7.24. The molecule has 1 atom stereocenters. The Morgan fingerprint density at radius 2 is 2.22 bits per heavy atom. The number of benzene rings is 1. The second kappa shape index (κ2) is 4.58. The van der Waals surface area contributed by atoms with Crippen molar-refractivity contribution in [2.45, 2.75) is 44.6 Å². The standard InChI is InChI=1S/C16H24N2/c1-16(8-4-9-17-16)12-13-6-7-15-14(11-13)5-3-10-18(15)2/h6-7,11,17H,3-5,8-10,12H2,1-2H3. The van der Waals surface area contributed by atoms with Gasteiger partial charge in [-0.1, -0.05) is 12.1 Å². The molecule has 2 heterocycles. The van der Waals surface area contributed by atoms with Crippen LogP contribution in [-0.4, -0.2) is 25.7 Å². The van der Waals surface area contributed by atoms with Gasteiger partial charge in [-0.05, 0) is 62.8 Å². The molecule has 3 rings (SSSR count). The van der Waals surface area contributed by atoms with E-state index in [2.05, 4.69) is 42.4 Å². The van der Waals surface area contributed by atoms with Crippen LogP contribution in [0.5, 0.6) is 0 Å². The van der Waals surface area contributed by atoms with E-state index in [0.29, 0.717) is 5.54 Å². The third kappa shape index (κ3) is 2.26. The number of rotatable bonds is 2. The van der Waals surface area contributed by atoms with Crippen molar-refractivity contribution in [1.29, 1.82) is 0 Å². The van der Waals surface area contributed by atoms with Gasteiger partial charge < -0.3 is 10.2 Å². The lowest BCUT2D eigenvalue weighted by atomic mass is 9.89. The molecule has 1 saturated heterocycles. The van der Waals surface area contributed by atoms with Crippen molar-refractivity contribution < 1.29 is 0 Å². The quantitative estimate of drug-likeness (QED) is 0.860. The van der Waals surface area contributed by atoms with E-state index < -0.39 is 0 Å². The Morgan fingerprint density at radius 1 is 1.33 bits per heavy atom. The predicted molar refractivity (Wildman–Crippen MR) is 77.4 cm³/mol. The van der Waals surface area contributed by atoms with Crippen molar-refractivity contribution in [3.63, 3.8) is 0 Å². The minimum atomic E-state index is 0.328. The van der Waals surface area contributed by atoms with Gasteiger partial charge in [-0.2, -0.15) is 0 Å². The summed E-state index contributed by atoms with van der Waals surface area (Å²) in [6.07, 6.45) is 6.35. The van der Waals surface area contributed by atoms with Crippen LogP contribution in [0.2, 0.25) is 0 Å². The summed E-state index contributed by atoms with van der Waals surface area (Å²) in [4.78, 5) is 2.39. The van der Waals surface area contributed by atoms with Crippen LogP contribution < -0.4 is 10.2 Å². The van der Waals surface area contributed by atoms with E-state index in [4.69, 9.17) is 0 Å². The summed E-state index contributed by atoms with van der Waals surface area (Å²) >= 11 is 0. The Balaban J connectivity index is 1.81. The first-order chi connectivity index (χ1) is 8.66. The average molecular weight is 244 g/mol. The molecule has 0 spiro atoms. The maximum absolute atomic E-state index is 3.66. The second-order valence-electron chi connectivity index (χ2n) is 6.26. The molecule has 0 aromatic heterocycles. The molecule has 1 N–H and O–H groups in total. The van der Waals surface area contributed by atoms with Crippen molar-refractivity contribution in [3.05, 3.63) is 29.3 Å². The van der Waals surface area contributed by atoms with Gasteiger partial charge >= 0.3 is 0 Å². The lowest BCUT2D eigenvalue weighted by Gasteiger charge is -2.29. The van der Waals surface area contributed by atoms with Gasteiger partial charge in [-0.25, -0.2) is 0 Å². The molecule has 0 radical (unpaired) electrons. The summed E-state index contributed by atoms with van der Waals surface area (Å²) in [5, 5.41) is 3.66. The fourth-order valence-electron chi connectivity index (χ4n) is 3.51. The Hall–Kier alpha value is -1.02. The van der Waals surface area contributed by atoms with Gasteiger partial charge in [0.15, 0.2) is 0 Å². The van der Waals surface area contributed by atoms with Gasteiger partial charge in [0.05, 0.1) is 0 Å². The van der Waals surface area contributed by atoms with Gasteiger partial charge in [0.1, 0.15) is 0 Å². The van der Waals surface area contributed by atoms with Crippen LogP contribution in [0.3, 0.4) is 0 Å². The van der Waals surface area contributed by atoms with Crippen LogP contribution >= 0.6 is 0 Å². The maximum atomic E-state index is 3.66. The second-order valence-corrected chi connectivity index (χ2v) is 6.26. The molecular weight excluding hydrogens is 220 g/mol. The summed E-state index contributed by atoms with van der Waals surface area (Å²) in [7, 11) is 2.21. The molecule has 2 aliphatic heterocycles. The first-order valence-electron chi connectivity index (χ1n) is 7.24. The molecular formula is C16H24N2. The Labute approximate surface area is 110 Å². The Kier molecular flexibility index (Phi) is 3.06. The highest BCUT2D eigenvalue weighted by Crippen LogP contribution is 2.29. The topological polar surface area (TPSA) is 15.3 Å². The van der Waals surface area contributed by atoms with Crippen molar-refractivity contribution in [1.82, 2.24) is 5.32 Å². The number of nitrogens with zero attached hydrogens (tertiary/aromatic N) is 1. The average Bonchev–Trinajstić information content (AvgIpc) is 2.76. The van der Waals surface area contributed by atoms with Crippen LogP contribution in [0.4, 0.5) is 5.69 Å². The van der Waals surface area contributed by atoms with E-state index in [1.54, 1.807) is 5.56 Å². The summed E-state index contributed by atoms with van der Waals surface area (Å²) < 4.78 is 0. The zero-order valence-electron chi connectivity index (χ0n) is 11.6. The summed E-state index contributed by atoms with van der Waals surface area (Å²) in [6, 6.07) is 7.09. The number of aryl methyl sites for hydroxylation is 1. The van der Waals surface area contributed by atoms with Crippen LogP contribution in [0.25, 0.3) is 0 Å². The SMILES string of the molecule is CN1CCCc2cc(CC3(C)CCCN3)ccc21. The molecule has 0 amide bonds. The Morgan fingerprint density at radius 3 is 3.00 bits per heavy atom. The zero-order valence-corrected chi connectivity index (χ0v) is 11.6. The van der Waals surface area contributed by atoms with Gasteiger partial charge in [-0.15, -0.1) is 0 Å². The highest BCUT2D eigenvalue weighted by Gasteiger charge is 2.28. The van der Waals surface area contributed by atoms with Crippen molar-refractivity contribution in [3.8, 4) is 0 Å². The molecule has 0 bridgehead atoms. The molecule has 2 heteroatoms. The number of hydrogen-bond donors (Lipinski definition) is 1. The van der Waals surface area contributed by atoms with Crippen LogP contribution in [-0.2, 0) is 12.8 Å². The van der Waals surface area contributed by atoms with Crippen molar-refractivity contribution >= 4 is 5.69 Å². The van der Waals surface area contributed by atoms with Gasteiger partial charge in [0.25, 0.3) is 0 Å². The molecule has 0 aliphatic carbocycles. The molecule has 2 aliphatic rings. The molecule has 1 fully saturated rings. The lowest BCUT2D eigenvalue weighted by Crippen LogP contribution is -2.38. The molecule has 2 nitrogen and oxygen atoms in total. The molecule has 1 unspecified atom stereocenters. The fourth-order valence-corrected chi connectivity index (χ4v) is 3.51. The molecule has 1 aromatic rings. The minimum absolute atomic E-state index is 0.328. The highest BCUT2D eigenvalue weighted by molar-refractivity contribution is 5.56. The van der Waals surface area contributed by atoms with Gasteiger partial charge in [0.2, 0.25) is 0 Å². The minimum Gasteiger partial charge on any atom is -0.374 e. The zero-order chi connectivity index (χ0) is 12.6. The van der Waals surface area contributed by atoms with E-state index in [1.165, 1.54) is 56.4 Å². The number of hydrogen-bond acceptors (Lipinski definition) is 2. The lowest BCUT2D eigenvalue weighted by molar-refractivity contribution is 0.412. The number of nitrogens with one attached hydrogen (secondary N) is 1. The van der Waals surface area contributed by atoms with Gasteiger partial charge in [0, 0.05) is 24.8 Å². The van der Waals surface area contributed by atoms with E-state index in [-0.39, 0.29) is 0 Å². The first kappa shape index (κ1) is 12.0. The van der Waals surface area contributed by atoms with Crippen LogP contribution in [0.1, 0.15) is 37.3 Å². The molecule has 1 aromatic carbocycles. The largest absolute Gasteiger partial charge is 0.374 e. The monoisotopic (exact) mass is 244 g/mol. The smallest absolute Gasteiger partial charge is 0.0396 e. The Bertz CT molecular complexity index is 433. The third-order valence-corrected chi connectivity index (χ3v) is 4.55. The molecule has 0 saturated carbocycles. The van der Waals surface area contributed by atoms with Crippen molar-refractivity contribution in [2.24, 2.45) is 0 Å². The number of anilines is 1. The van der Waals surface area contributed by atoms with E-state index in [9.17, 15) is 0 Å². The predicted octanol–water partition coefficient (Wildman–Crippen LogP) is 2.75. The number of fused-ring (bicyclic) bond motifs is 1. The van der Waals surface area contributed by atoms with E-state index in [0.717, 1.165) is 0 Å². The van der Waals surface area contributed by atoms with Crippen molar-refractivity contribution in [2.75, 3.05) is 25.0 Å². The molecule has 18 heavy (non-hydrogen) atoms. The van der Waals surface area contributed by atoms with E-state index >= 15 is 0 Å². The molecule has 98 valence electrons. The summed E-state index contributed by atoms with van der Waals surface area (Å²) in [5.74, 6) is 0. The highest BCUT2D eigenvalue weighted by atomic mass is 15.1. The van der Waals surface area contributed by atoms with Crippen LogP contribution in [0, 0.1) is 0 Å². The summed E-state index contributed by atoms with van der Waals surface area (Å²) in [6.45, 7) is 4.75. The fraction of sp³-hybridized carbons (Fsp3) is 0.625. The van der Waals surface area contributed by atoms with Gasteiger partial charge in [-0.3, -0.25) is 0 Å². The summed E-state index contributed by atoms with van der Waals surface area (Å²) in [5.41, 5.74) is 4.81. The van der Waals surface area contributed by atoms with E-state index in [1.807, 2.05) is 0 Å². The normalized spacial score (nSPS) is 27.3. The maximum Gasteiger partial charge on any atom is 0.0396 e. The van der Waals surface area contributed by atoms with Crippen LogP contribution in [0.15, 0.2) is 18.2 Å².